The summed E-state index contributed by atoms with van der Waals surface area (Å²) in [4.78, 5) is 26.3. The first kappa shape index (κ1) is 31.3. The van der Waals surface area contributed by atoms with Crippen molar-refractivity contribution in [2.75, 3.05) is 33.2 Å². The third-order valence-corrected chi connectivity index (χ3v) is 6.79. The summed E-state index contributed by atoms with van der Waals surface area (Å²) >= 11 is 0. The maximum atomic E-state index is 13.5. The molecule has 0 saturated heterocycles. The van der Waals surface area contributed by atoms with Crippen molar-refractivity contribution in [1.82, 2.24) is 5.32 Å². The maximum absolute atomic E-state index is 13.5. The van der Waals surface area contributed by atoms with Gasteiger partial charge in [0.05, 0.1) is 13.7 Å². The van der Waals surface area contributed by atoms with E-state index in [2.05, 4.69) is 44.4 Å². The Morgan fingerprint density at radius 2 is 1.71 bits per heavy atom. The number of nitrogens with one attached hydrogen (secondary N) is 2. The molecule has 0 radical (unpaired) electrons. The van der Waals surface area contributed by atoms with Gasteiger partial charge in [-0.2, -0.15) is 0 Å². The lowest BCUT2D eigenvalue weighted by atomic mass is 9.84. The van der Waals surface area contributed by atoms with Crippen LogP contribution in [-0.2, 0) is 19.7 Å². The van der Waals surface area contributed by atoms with E-state index in [0.29, 0.717) is 17.7 Å². The summed E-state index contributed by atoms with van der Waals surface area (Å²) in [6.45, 7) is 10.7. The number of ether oxygens (including phenoxy) is 3. The average molecular weight is 527 g/mol. The van der Waals surface area contributed by atoms with Crippen molar-refractivity contribution in [3.63, 3.8) is 0 Å². The molecule has 0 aromatic heterocycles. The van der Waals surface area contributed by atoms with E-state index < -0.39 is 6.29 Å². The van der Waals surface area contributed by atoms with Crippen LogP contribution in [0, 0.1) is 6.92 Å². The Labute approximate surface area is 228 Å². The van der Waals surface area contributed by atoms with Crippen LogP contribution < -0.4 is 15.4 Å². The standard InChI is InChI=1S/C31H46N2O5/c1-9-10-11-14-22(24-15-12-13-21(2)29(24)38-8)19-27(34)33-26-18-23(16-17-25(26)31(3,4)5)30(35)32-20-28(36-6)37-7/h12-13,15-18,22,28H,9-11,14,19-20H2,1-8H3,(H,32,35)(H,33,34). The second kappa shape index (κ2) is 14.9. The first-order valence-corrected chi connectivity index (χ1v) is 13.5. The minimum atomic E-state index is -0.532. The highest BCUT2D eigenvalue weighted by molar-refractivity contribution is 5.98. The highest BCUT2D eigenvalue weighted by Crippen LogP contribution is 2.36. The molecule has 0 bridgehead atoms. The third-order valence-electron chi connectivity index (χ3n) is 6.79. The predicted molar refractivity (Wildman–Crippen MR) is 153 cm³/mol. The van der Waals surface area contributed by atoms with Crippen LogP contribution in [0.2, 0.25) is 0 Å². The first-order valence-electron chi connectivity index (χ1n) is 13.5. The van der Waals surface area contributed by atoms with Gasteiger partial charge in [0.2, 0.25) is 5.91 Å². The van der Waals surface area contributed by atoms with E-state index in [-0.39, 0.29) is 29.7 Å². The number of methoxy groups -OCH3 is 3. The molecule has 210 valence electrons. The van der Waals surface area contributed by atoms with E-state index in [4.69, 9.17) is 14.2 Å². The normalized spacial score (nSPS) is 12.3. The van der Waals surface area contributed by atoms with Gasteiger partial charge in [0, 0.05) is 31.9 Å². The summed E-state index contributed by atoms with van der Waals surface area (Å²) in [6.07, 6.45) is 3.96. The van der Waals surface area contributed by atoms with Crippen LogP contribution in [0.15, 0.2) is 36.4 Å². The third kappa shape index (κ3) is 8.84. The van der Waals surface area contributed by atoms with E-state index in [1.54, 1.807) is 19.2 Å². The molecule has 7 nitrogen and oxygen atoms in total. The average Bonchev–Trinajstić information content (AvgIpc) is 2.87. The van der Waals surface area contributed by atoms with Crippen molar-refractivity contribution in [3.8, 4) is 5.75 Å². The van der Waals surface area contributed by atoms with Gasteiger partial charge in [-0.1, -0.05) is 71.2 Å². The van der Waals surface area contributed by atoms with Gasteiger partial charge in [-0.25, -0.2) is 0 Å². The molecule has 2 N–H and O–H groups in total. The van der Waals surface area contributed by atoms with Gasteiger partial charge in [0.15, 0.2) is 6.29 Å². The second-order valence-corrected chi connectivity index (χ2v) is 10.8. The van der Waals surface area contributed by atoms with Crippen molar-refractivity contribution < 1.29 is 23.8 Å². The lowest BCUT2D eigenvalue weighted by molar-refractivity contribution is -0.116. The zero-order chi connectivity index (χ0) is 28.3. The van der Waals surface area contributed by atoms with Crippen LogP contribution in [0.3, 0.4) is 0 Å². The van der Waals surface area contributed by atoms with Gasteiger partial charge in [0.25, 0.3) is 5.91 Å². The summed E-state index contributed by atoms with van der Waals surface area (Å²) in [5, 5.41) is 5.96. The molecule has 1 unspecified atom stereocenters. The van der Waals surface area contributed by atoms with Crippen LogP contribution in [0.5, 0.6) is 5.75 Å². The number of benzene rings is 2. The highest BCUT2D eigenvalue weighted by atomic mass is 16.7. The molecule has 2 aromatic rings. The topological polar surface area (TPSA) is 85.9 Å². The Morgan fingerprint density at radius 3 is 2.32 bits per heavy atom. The summed E-state index contributed by atoms with van der Waals surface area (Å²) in [6, 6.07) is 11.6. The zero-order valence-corrected chi connectivity index (χ0v) is 24.4. The van der Waals surface area contributed by atoms with Gasteiger partial charge >= 0.3 is 0 Å². The number of unbranched alkanes of at least 4 members (excludes halogenated alkanes) is 2. The minimum absolute atomic E-state index is 0.0287. The molecule has 2 amide bonds. The molecule has 1 atom stereocenters. The number of rotatable bonds is 14. The minimum Gasteiger partial charge on any atom is -0.496 e. The van der Waals surface area contributed by atoms with Crippen molar-refractivity contribution >= 4 is 17.5 Å². The van der Waals surface area contributed by atoms with Gasteiger partial charge < -0.3 is 24.8 Å². The molecule has 0 heterocycles. The molecule has 7 heteroatoms. The number of hydrogen-bond donors (Lipinski definition) is 2. The lowest BCUT2D eigenvalue weighted by Crippen LogP contribution is -2.34. The quantitative estimate of drug-likeness (QED) is 0.222. The fraction of sp³-hybridized carbons (Fsp3) is 0.548. The van der Waals surface area contributed by atoms with E-state index in [1.165, 1.54) is 14.2 Å². The van der Waals surface area contributed by atoms with Gasteiger partial charge in [-0.05, 0) is 53.5 Å². The number of amides is 2. The Balaban J connectivity index is 2.31. The molecule has 0 spiro atoms. The Hall–Kier alpha value is -2.90. The van der Waals surface area contributed by atoms with Crippen LogP contribution >= 0.6 is 0 Å². The number of anilines is 1. The fourth-order valence-electron chi connectivity index (χ4n) is 4.69. The summed E-state index contributed by atoms with van der Waals surface area (Å²) in [7, 11) is 4.73. The maximum Gasteiger partial charge on any atom is 0.251 e. The number of carbonyl (C=O) groups is 2. The summed E-state index contributed by atoms with van der Waals surface area (Å²) in [5.41, 5.74) is 3.96. The molecule has 0 aliphatic heterocycles. The van der Waals surface area contributed by atoms with Crippen LogP contribution in [0.1, 0.15) is 92.8 Å². The van der Waals surface area contributed by atoms with E-state index in [1.807, 2.05) is 25.1 Å². The monoisotopic (exact) mass is 526 g/mol. The first-order chi connectivity index (χ1) is 18.0. The van der Waals surface area contributed by atoms with Gasteiger partial charge in [-0.15, -0.1) is 0 Å². The van der Waals surface area contributed by atoms with Gasteiger partial charge in [0.1, 0.15) is 5.75 Å². The summed E-state index contributed by atoms with van der Waals surface area (Å²) in [5.74, 6) is 0.529. The Morgan fingerprint density at radius 1 is 1.00 bits per heavy atom. The zero-order valence-electron chi connectivity index (χ0n) is 24.4. The number of hydrogen-bond acceptors (Lipinski definition) is 5. The van der Waals surface area contributed by atoms with Crippen LogP contribution in [0.25, 0.3) is 0 Å². The highest BCUT2D eigenvalue weighted by Gasteiger charge is 2.24. The summed E-state index contributed by atoms with van der Waals surface area (Å²) < 4.78 is 16.0. The van der Waals surface area contributed by atoms with E-state index >= 15 is 0 Å². The molecule has 38 heavy (non-hydrogen) atoms. The smallest absolute Gasteiger partial charge is 0.251 e. The Bertz CT molecular complexity index is 1060. The molecule has 0 saturated carbocycles. The number of carbonyl (C=O) groups excluding carboxylic acids is 2. The van der Waals surface area contributed by atoms with Crippen LogP contribution in [0.4, 0.5) is 5.69 Å². The molecule has 0 fully saturated rings. The molecule has 0 aliphatic carbocycles. The largest absolute Gasteiger partial charge is 0.496 e. The molecular formula is C31H46N2O5. The SMILES string of the molecule is CCCCCC(CC(=O)Nc1cc(C(=O)NCC(OC)OC)ccc1C(C)(C)C)c1cccc(C)c1OC. The number of para-hydroxylation sites is 1. The van der Waals surface area contributed by atoms with E-state index in [9.17, 15) is 9.59 Å². The van der Waals surface area contributed by atoms with Crippen LogP contribution in [-0.4, -0.2) is 46.0 Å². The molecular weight excluding hydrogens is 480 g/mol. The second-order valence-electron chi connectivity index (χ2n) is 10.8. The van der Waals surface area contributed by atoms with Crippen molar-refractivity contribution in [1.29, 1.82) is 0 Å². The molecule has 2 aromatic carbocycles. The Kier molecular flexibility index (Phi) is 12.3. The lowest BCUT2D eigenvalue weighted by Gasteiger charge is -2.25. The number of aryl methyl sites for hydroxylation is 1. The van der Waals surface area contributed by atoms with Crippen molar-refractivity contribution in [2.45, 2.75) is 84.3 Å². The predicted octanol–water partition coefficient (Wildman–Crippen LogP) is 6.34. The molecule has 0 aliphatic rings. The van der Waals surface area contributed by atoms with Crippen molar-refractivity contribution in [3.05, 3.63) is 58.7 Å². The molecule has 2 rings (SSSR count). The van der Waals surface area contributed by atoms with Crippen molar-refractivity contribution in [2.24, 2.45) is 0 Å². The van der Waals surface area contributed by atoms with E-state index in [0.717, 1.165) is 48.1 Å². The van der Waals surface area contributed by atoms with Gasteiger partial charge in [-0.3, -0.25) is 9.59 Å². The fourth-order valence-corrected chi connectivity index (χ4v) is 4.69.